The molecule has 0 radical (unpaired) electrons. The van der Waals surface area contributed by atoms with E-state index in [2.05, 4.69) is 43.7 Å². The number of hydrogen-bond donors (Lipinski definition) is 1. The van der Waals surface area contributed by atoms with E-state index in [4.69, 9.17) is 10.5 Å². The van der Waals surface area contributed by atoms with Crippen LogP contribution in [0.25, 0.3) is 10.2 Å². The highest BCUT2D eigenvalue weighted by atomic mass is 32.1. The van der Waals surface area contributed by atoms with Crippen molar-refractivity contribution < 1.29 is 4.74 Å². The molecule has 0 fully saturated rings. The number of nitrogens with zero attached hydrogens (tertiary/aromatic N) is 2. The first kappa shape index (κ1) is 14.1. The normalized spacial score (nSPS) is 12.0. The van der Waals surface area contributed by atoms with Crippen molar-refractivity contribution in [3.63, 3.8) is 0 Å². The molecule has 4 nitrogen and oxygen atoms in total. The number of rotatable bonds is 4. The van der Waals surface area contributed by atoms with Gasteiger partial charge < -0.3 is 10.5 Å². The van der Waals surface area contributed by atoms with Crippen LogP contribution in [0.3, 0.4) is 0 Å². The number of anilines is 1. The van der Waals surface area contributed by atoms with Crippen molar-refractivity contribution >= 4 is 27.5 Å². The second-order valence-corrected chi connectivity index (χ2v) is 6.95. The molecule has 0 atom stereocenters. The third-order valence-corrected chi connectivity index (χ3v) is 4.04. The summed E-state index contributed by atoms with van der Waals surface area (Å²) in [5.74, 6) is 0.894. The lowest BCUT2D eigenvalue weighted by Crippen LogP contribution is -2.12. The number of nitrogens with two attached hydrogens (primary N) is 1. The molecule has 0 amide bonds. The summed E-state index contributed by atoms with van der Waals surface area (Å²) in [5.41, 5.74) is 5.99. The first-order valence-electron chi connectivity index (χ1n) is 6.58. The zero-order chi connectivity index (χ0) is 14.0. The van der Waals surface area contributed by atoms with Crippen LogP contribution >= 0.6 is 11.3 Å². The minimum atomic E-state index is 0.251. The van der Waals surface area contributed by atoms with E-state index >= 15 is 0 Å². The standard InChI is InChI=1S/C14H21N3OS/c1-5-9-8-10-11(18-7-6-14(2,3)4)16-13(15)17-12(10)19-9/h8H,5-7H2,1-4H3,(H2,15,16,17). The molecule has 0 saturated heterocycles. The molecule has 0 aliphatic heterocycles. The van der Waals surface area contributed by atoms with Crippen LogP contribution in [0.1, 0.15) is 39.0 Å². The van der Waals surface area contributed by atoms with Gasteiger partial charge in [-0.1, -0.05) is 27.7 Å². The zero-order valence-corrected chi connectivity index (χ0v) is 12.8. The molecule has 0 aromatic carbocycles. The van der Waals surface area contributed by atoms with E-state index in [-0.39, 0.29) is 11.4 Å². The van der Waals surface area contributed by atoms with Gasteiger partial charge in [0.05, 0.1) is 12.0 Å². The molecule has 2 rings (SSSR count). The van der Waals surface area contributed by atoms with Crippen LogP contribution in [0.4, 0.5) is 5.95 Å². The Labute approximate surface area is 118 Å². The SMILES string of the molecule is CCc1cc2c(OCCC(C)(C)C)nc(N)nc2s1. The number of thiophene rings is 1. The smallest absolute Gasteiger partial charge is 0.227 e. The number of aryl methyl sites for hydroxylation is 1. The van der Waals surface area contributed by atoms with Crippen molar-refractivity contribution in [3.05, 3.63) is 10.9 Å². The Kier molecular flexibility index (Phi) is 3.94. The molecular formula is C14H21N3OS. The molecular weight excluding hydrogens is 258 g/mol. The summed E-state index contributed by atoms with van der Waals surface area (Å²) < 4.78 is 5.81. The van der Waals surface area contributed by atoms with Gasteiger partial charge in [-0.15, -0.1) is 11.3 Å². The minimum Gasteiger partial charge on any atom is -0.477 e. The van der Waals surface area contributed by atoms with Gasteiger partial charge in [0, 0.05) is 4.88 Å². The summed E-state index contributed by atoms with van der Waals surface area (Å²) >= 11 is 1.65. The molecule has 0 aliphatic rings. The maximum absolute atomic E-state index is 5.81. The highest BCUT2D eigenvalue weighted by Crippen LogP contribution is 2.31. The quantitative estimate of drug-likeness (QED) is 0.928. The van der Waals surface area contributed by atoms with E-state index in [9.17, 15) is 0 Å². The van der Waals surface area contributed by atoms with Crippen molar-refractivity contribution in [2.24, 2.45) is 5.41 Å². The van der Waals surface area contributed by atoms with Crippen LogP contribution in [-0.2, 0) is 6.42 Å². The van der Waals surface area contributed by atoms with Crippen LogP contribution in [0.5, 0.6) is 5.88 Å². The van der Waals surface area contributed by atoms with Crippen LogP contribution < -0.4 is 10.5 Å². The van der Waals surface area contributed by atoms with Gasteiger partial charge in [-0.25, -0.2) is 4.98 Å². The predicted octanol–water partition coefficient (Wildman–Crippen LogP) is 3.65. The molecule has 19 heavy (non-hydrogen) atoms. The van der Waals surface area contributed by atoms with Gasteiger partial charge in [0.15, 0.2) is 0 Å². The highest BCUT2D eigenvalue weighted by Gasteiger charge is 2.14. The van der Waals surface area contributed by atoms with Crippen LogP contribution in [0, 0.1) is 5.41 Å². The third-order valence-electron chi connectivity index (χ3n) is 2.87. The molecule has 0 unspecified atom stereocenters. The second kappa shape index (κ2) is 5.33. The fourth-order valence-electron chi connectivity index (χ4n) is 1.70. The maximum atomic E-state index is 5.81. The minimum absolute atomic E-state index is 0.251. The molecule has 5 heteroatoms. The Morgan fingerprint density at radius 3 is 2.68 bits per heavy atom. The van der Waals surface area contributed by atoms with Gasteiger partial charge in [-0.3, -0.25) is 0 Å². The van der Waals surface area contributed by atoms with Crippen molar-refractivity contribution in [3.8, 4) is 5.88 Å². The molecule has 104 valence electrons. The second-order valence-electron chi connectivity index (χ2n) is 5.83. The summed E-state index contributed by atoms with van der Waals surface area (Å²) in [7, 11) is 0. The van der Waals surface area contributed by atoms with Crippen molar-refractivity contribution in [2.75, 3.05) is 12.3 Å². The summed E-state index contributed by atoms with van der Waals surface area (Å²) in [5, 5.41) is 0.977. The van der Waals surface area contributed by atoms with Crippen LogP contribution in [0.2, 0.25) is 0 Å². The summed E-state index contributed by atoms with van der Waals surface area (Å²) in [4.78, 5) is 10.7. The van der Waals surface area contributed by atoms with Crippen molar-refractivity contribution in [2.45, 2.75) is 40.5 Å². The number of fused-ring (bicyclic) bond motifs is 1. The molecule has 2 aromatic rings. The van der Waals surface area contributed by atoms with Crippen LogP contribution in [0.15, 0.2) is 6.07 Å². The first-order chi connectivity index (χ1) is 8.89. The van der Waals surface area contributed by atoms with Crippen LogP contribution in [-0.4, -0.2) is 16.6 Å². The lowest BCUT2D eigenvalue weighted by molar-refractivity contribution is 0.239. The largest absolute Gasteiger partial charge is 0.477 e. The molecule has 0 saturated carbocycles. The van der Waals surface area contributed by atoms with Crippen molar-refractivity contribution in [1.29, 1.82) is 0 Å². The van der Waals surface area contributed by atoms with E-state index in [0.29, 0.717) is 12.5 Å². The maximum Gasteiger partial charge on any atom is 0.227 e. The van der Waals surface area contributed by atoms with Crippen molar-refractivity contribution in [1.82, 2.24) is 9.97 Å². The highest BCUT2D eigenvalue weighted by molar-refractivity contribution is 7.18. The molecule has 2 heterocycles. The van der Waals surface area contributed by atoms with E-state index in [1.54, 1.807) is 11.3 Å². The van der Waals surface area contributed by atoms with Gasteiger partial charge in [-0.2, -0.15) is 4.98 Å². The topological polar surface area (TPSA) is 61.0 Å². The monoisotopic (exact) mass is 279 g/mol. The molecule has 2 N–H and O–H groups in total. The number of hydrogen-bond acceptors (Lipinski definition) is 5. The Balaban J connectivity index is 2.23. The summed E-state index contributed by atoms with van der Waals surface area (Å²) in [6.07, 6.45) is 1.96. The molecule has 2 aromatic heterocycles. The first-order valence-corrected chi connectivity index (χ1v) is 7.39. The van der Waals surface area contributed by atoms with Gasteiger partial charge in [0.25, 0.3) is 0 Å². The fraction of sp³-hybridized carbons (Fsp3) is 0.571. The Bertz CT molecular complexity index is 572. The molecule has 0 bridgehead atoms. The van der Waals surface area contributed by atoms with Gasteiger partial charge in [0.2, 0.25) is 11.8 Å². The Morgan fingerprint density at radius 2 is 2.05 bits per heavy atom. The average molecular weight is 279 g/mol. The molecule has 0 spiro atoms. The van der Waals surface area contributed by atoms with Gasteiger partial charge in [0.1, 0.15) is 4.83 Å². The summed E-state index contributed by atoms with van der Waals surface area (Å²) in [6.45, 7) is 9.36. The number of nitrogen functional groups attached to an aromatic ring is 1. The fourth-order valence-corrected chi connectivity index (χ4v) is 2.66. The Hall–Kier alpha value is -1.36. The summed E-state index contributed by atoms with van der Waals surface area (Å²) in [6, 6.07) is 2.10. The Morgan fingerprint density at radius 1 is 1.32 bits per heavy atom. The molecule has 0 aliphatic carbocycles. The lowest BCUT2D eigenvalue weighted by Gasteiger charge is -2.17. The van der Waals surface area contributed by atoms with E-state index < -0.39 is 0 Å². The zero-order valence-electron chi connectivity index (χ0n) is 12.0. The predicted molar refractivity (Wildman–Crippen MR) is 80.8 cm³/mol. The van der Waals surface area contributed by atoms with Gasteiger partial charge >= 0.3 is 0 Å². The van der Waals surface area contributed by atoms with E-state index in [1.165, 1.54) is 4.88 Å². The third kappa shape index (κ3) is 3.56. The average Bonchev–Trinajstić information content (AvgIpc) is 2.70. The number of ether oxygens (including phenoxy) is 1. The van der Waals surface area contributed by atoms with E-state index in [0.717, 1.165) is 23.1 Å². The lowest BCUT2D eigenvalue weighted by atomic mass is 9.93. The van der Waals surface area contributed by atoms with Gasteiger partial charge in [-0.05, 0) is 24.3 Å². The van der Waals surface area contributed by atoms with E-state index in [1.807, 2.05) is 0 Å². The number of aromatic nitrogens is 2.